The Morgan fingerprint density at radius 2 is 1.83 bits per heavy atom. The minimum atomic E-state index is -0.288. The number of amides is 2. The van der Waals surface area contributed by atoms with Crippen molar-refractivity contribution in [3.8, 4) is 0 Å². The van der Waals surface area contributed by atoms with Crippen molar-refractivity contribution in [3.05, 3.63) is 71.7 Å². The number of fused-ring (bicyclic) bond motifs is 1. The number of benzene rings is 2. The van der Waals surface area contributed by atoms with Crippen LogP contribution in [-0.2, 0) is 13.0 Å². The van der Waals surface area contributed by atoms with E-state index in [-0.39, 0.29) is 11.8 Å². The molecule has 0 saturated carbocycles. The Balaban J connectivity index is 1.43. The summed E-state index contributed by atoms with van der Waals surface area (Å²) in [5.74, 6) is 0.550. The van der Waals surface area contributed by atoms with Gasteiger partial charge in [0.15, 0.2) is 0 Å². The lowest BCUT2D eigenvalue weighted by molar-refractivity contribution is 0.240. The normalized spacial score (nSPS) is 10.7. The molecule has 1 aromatic heterocycles. The minimum Gasteiger partial charge on any atom is -0.461 e. The Bertz CT molecular complexity index is 763. The highest BCUT2D eigenvalue weighted by atomic mass is 19.1. The van der Waals surface area contributed by atoms with Crippen molar-refractivity contribution in [2.45, 2.75) is 13.0 Å². The van der Waals surface area contributed by atoms with E-state index in [2.05, 4.69) is 10.6 Å². The maximum Gasteiger partial charge on any atom is 0.315 e. The van der Waals surface area contributed by atoms with Crippen LogP contribution in [0.25, 0.3) is 11.0 Å². The summed E-state index contributed by atoms with van der Waals surface area (Å²) in [6.45, 7) is 0.839. The number of hydrogen-bond acceptors (Lipinski definition) is 2. The fourth-order valence-electron chi connectivity index (χ4n) is 2.31. The summed E-state index contributed by atoms with van der Waals surface area (Å²) in [6, 6.07) is 15.5. The molecule has 0 unspecified atom stereocenters. The zero-order valence-electron chi connectivity index (χ0n) is 12.5. The maximum atomic E-state index is 12.8. The molecule has 0 aliphatic heterocycles. The summed E-state index contributed by atoms with van der Waals surface area (Å²) in [7, 11) is 0. The van der Waals surface area contributed by atoms with Gasteiger partial charge in [0, 0.05) is 24.9 Å². The van der Waals surface area contributed by atoms with E-state index >= 15 is 0 Å². The number of carbonyl (C=O) groups excluding carboxylic acids is 1. The predicted octanol–water partition coefficient (Wildman–Crippen LogP) is 3.61. The summed E-state index contributed by atoms with van der Waals surface area (Å²) in [5.41, 5.74) is 1.70. The average molecular weight is 312 g/mol. The molecule has 0 bridgehead atoms. The van der Waals surface area contributed by atoms with E-state index in [4.69, 9.17) is 4.42 Å². The Kier molecular flexibility index (Phi) is 4.57. The number of halogens is 1. The third-order valence-electron chi connectivity index (χ3n) is 3.50. The van der Waals surface area contributed by atoms with Crippen LogP contribution in [0.5, 0.6) is 0 Å². The average Bonchev–Trinajstić information content (AvgIpc) is 2.97. The molecule has 4 nitrogen and oxygen atoms in total. The monoisotopic (exact) mass is 312 g/mol. The summed E-state index contributed by atoms with van der Waals surface area (Å²) in [5, 5.41) is 6.56. The lowest BCUT2D eigenvalue weighted by atomic mass is 10.2. The second kappa shape index (κ2) is 6.96. The molecule has 2 aromatic carbocycles. The van der Waals surface area contributed by atoms with Crippen molar-refractivity contribution in [3.63, 3.8) is 0 Å². The SMILES string of the molecule is O=C(NCCc1cc2ccccc2o1)NCc1ccc(F)cc1. The fourth-order valence-corrected chi connectivity index (χ4v) is 2.31. The summed E-state index contributed by atoms with van der Waals surface area (Å²) >= 11 is 0. The topological polar surface area (TPSA) is 54.3 Å². The molecule has 2 amide bonds. The summed E-state index contributed by atoms with van der Waals surface area (Å²) in [6.07, 6.45) is 0.624. The highest BCUT2D eigenvalue weighted by Gasteiger charge is 2.04. The van der Waals surface area contributed by atoms with Gasteiger partial charge in [0.25, 0.3) is 0 Å². The number of nitrogens with one attached hydrogen (secondary N) is 2. The van der Waals surface area contributed by atoms with Crippen LogP contribution in [-0.4, -0.2) is 12.6 Å². The quantitative estimate of drug-likeness (QED) is 0.756. The molecule has 0 radical (unpaired) electrons. The van der Waals surface area contributed by atoms with Crippen molar-refractivity contribution in [2.75, 3.05) is 6.54 Å². The van der Waals surface area contributed by atoms with Crippen molar-refractivity contribution >= 4 is 17.0 Å². The Labute approximate surface area is 133 Å². The summed E-state index contributed by atoms with van der Waals surface area (Å²) in [4.78, 5) is 11.7. The predicted molar refractivity (Wildman–Crippen MR) is 86.6 cm³/mol. The van der Waals surface area contributed by atoms with E-state index in [0.29, 0.717) is 19.5 Å². The van der Waals surface area contributed by atoms with Crippen LogP contribution in [0, 0.1) is 5.82 Å². The largest absolute Gasteiger partial charge is 0.461 e. The highest BCUT2D eigenvalue weighted by molar-refractivity contribution is 5.77. The minimum absolute atomic E-state index is 0.259. The van der Waals surface area contributed by atoms with E-state index in [1.807, 2.05) is 30.3 Å². The molecule has 0 spiro atoms. The molecule has 0 fully saturated rings. The van der Waals surface area contributed by atoms with Gasteiger partial charge in [-0.25, -0.2) is 9.18 Å². The van der Waals surface area contributed by atoms with Crippen molar-refractivity contribution < 1.29 is 13.6 Å². The Morgan fingerprint density at radius 1 is 1.04 bits per heavy atom. The van der Waals surface area contributed by atoms with Gasteiger partial charge in [-0.3, -0.25) is 0 Å². The number of rotatable bonds is 5. The number of hydrogen-bond donors (Lipinski definition) is 2. The standard InChI is InChI=1S/C18H17FN2O2/c19-15-7-5-13(6-8-15)12-21-18(22)20-10-9-16-11-14-3-1-2-4-17(14)23-16/h1-8,11H,9-10,12H2,(H2,20,21,22). The van der Waals surface area contributed by atoms with Crippen LogP contribution >= 0.6 is 0 Å². The van der Waals surface area contributed by atoms with Crippen molar-refractivity contribution in [2.24, 2.45) is 0 Å². The first kappa shape index (κ1) is 15.1. The van der Waals surface area contributed by atoms with Crippen LogP contribution < -0.4 is 10.6 Å². The Morgan fingerprint density at radius 3 is 2.61 bits per heavy atom. The number of urea groups is 1. The van der Waals surface area contributed by atoms with Gasteiger partial charge in [-0.2, -0.15) is 0 Å². The molecule has 0 aliphatic rings. The number of furan rings is 1. The molecule has 0 saturated heterocycles. The van der Waals surface area contributed by atoms with Crippen LogP contribution in [0.1, 0.15) is 11.3 Å². The lowest BCUT2D eigenvalue weighted by Gasteiger charge is -2.07. The summed E-state index contributed by atoms with van der Waals surface area (Å²) < 4.78 is 18.5. The molecule has 23 heavy (non-hydrogen) atoms. The zero-order chi connectivity index (χ0) is 16.1. The van der Waals surface area contributed by atoms with E-state index in [9.17, 15) is 9.18 Å². The number of carbonyl (C=O) groups is 1. The van der Waals surface area contributed by atoms with Gasteiger partial charge >= 0.3 is 6.03 Å². The second-order valence-corrected chi connectivity index (χ2v) is 5.24. The molecule has 0 atom stereocenters. The number of para-hydroxylation sites is 1. The van der Waals surface area contributed by atoms with Gasteiger partial charge in [0.05, 0.1) is 0 Å². The molecule has 3 rings (SSSR count). The smallest absolute Gasteiger partial charge is 0.315 e. The van der Waals surface area contributed by atoms with Gasteiger partial charge < -0.3 is 15.1 Å². The second-order valence-electron chi connectivity index (χ2n) is 5.24. The van der Waals surface area contributed by atoms with Crippen LogP contribution in [0.3, 0.4) is 0 Å². The lowest BCUT2D eigenvalue weighted by Crippen LogP contribution is -2.36. The molecular weight excluding hydrogens is 295 g/mol. The first-order valence-electron chi connectivity index (χ1n) is 7.44. The van der Waals surface area contributed by atoms with E-state index in [0.717, 1.165) is 22.3 Å². The highest BCUT2D eigenvalue weighted by Crippen LogP contribution is 2.18. The molecule has 2 N–H and O–H groups in total. The maximum absolute atomic E-state index is 12.8. The molecular formula is C18H17FN2O2. The molecule has 5 heteroatoms. The van der Waals surface area contributed by atoms with E-state index in [1.165, 1.54) is 12.1 Å². The molecule has 0 aliphatic carbocycles. The van der Waals surface area contributed by atoms with Gasteiger partial charge in [-0.15, -0.1) is 0 Å². The van der Waals surface area contributed by atoms with Crippen molar-refractivity contribution in [1.82, 2.24) is 10.6 Å². The van der Waals surface area contributed by atoms with Crippen LogP contribution in [0.15, 0.2) is 59.0 Å². The van der Waals surface area contributed by atoms with Gasteiger partial charge in [0.2, 0.25) is 0 Å². The third-order valence-corrected chi connectivity index (χ3v) is 3.50. The van der Waals surface area contributed by atoms with Crippen LogP contribution in [0.4, 0.5) is 9.18 Å². The first-order valence-corrected chi connectivity index (χ1v) is 7.44. The molecule has 3 aromatic rings. The fraction of sp³-hybridized carbons (Fsp3) is 0.167. The van der Waals surface area contributed by atoms with E-state index < -0.39 is 0 Å². The Hall–Kier alpha value is -2.82. The van der Waals surface area contributed by atoms with Crippen LogP contribution in [0.2, 0.25) is 0 Å². The first-order chi connectivity index (χ1) is 11.2. The zero-order valence-corrected chi connectivity index (χ0v) is 12.5. The molecule has 118 valence electrons. The van der Waals surface area contributed by atoms with Crippen molar-refractivity contribution in [1.29, 1.82) is 0 Å². The molecule has 1 heterocycles. The van der Waals surface area contributed by atoms with Gasteiger partial charge in [-0.05, 0) is 29.8 Å². The third kappa shape index (κ3) is 4.10. The van der Waals surface area contributed by atoms with Gasteiger partial charge in [0.1, 0.15) is 17.2 Å². The van der Waals surface area contributed by atoms with Gasteiger partial charge in [-0.1, -0.05) is 30.3 Å². The van der Waals surface area contributed by atoms with E-state index in [1.54, 1.807) is 12.1 Å².